The maximum absolute atomic E-state index is 12.1. The first-order valence-electron chi connectivity index (χ1n) is 7.69. The molecule has 0 unspecified atom stereocenters. The minimum atomic E-state index is -3.34. The monoisotopic (exact) mass is 432 g/mol. The number of rotatable bonds is 7. The Morgan fingerprint density at radius 2 is 1.88 bits per heavy atom. The smallest absolute Gasteiger partial charge is 0.234 e. The maximum atomic E-state index is 12.1. The topological polar surface area (TPSA) is 75.3 Å². The van der Waals surface area contributed by atoms with Gasteiger partial charge in [-0.15, -0.1) is 11.8 Å². The first-order chi connectivity index (χ1) is 12.2. The lowest BCUT2D eigenvalue weighted by molar-refractivity contribution is -0.113. The van der Waals surface area contributed by atoms with E-state index in [0.29, 0.717) is 27.0 Å². The molecule has 0 spiro atoms. The van der Waals surface area contributed by atoms with Crippen LogP contribution in [0, 0.1) is 6.92 Å². The molecule has 0 bridgehead atoms. The molecule has 0 saturated heterocycles. The molecule has 0 aromatic heterocycles. The van der Waals surface area contributed by atoms with Crippen LogP contribution in [0.25, 0.3) is 0 Å². The summed E-state index contributed by atoms with van der Waals surface area (Å²) in [6, 6.07) is 10.1. The summed E-state index contributed by atoms with van der Waals surface area (Å²) in [5.74, 6) is -0.0373. The zero-order valence-corrected chi connectivity index (χ0v) is 17.3. The van der Waals surface area contributed by atoms with Crippen LogP contribution in [0.5, 0.6) is 0 Å². The van der Waals surface area contributed by atoms with Crippen molar-refractivity contribution in [3.8, 4) is 0 Å². The summed E-state index contributed by atoms with van der Waals surface area (Å²) in [6.07, 6.45) is 0. The van der Waals surface area contributed by atoms with Gasteiger partial charge in [-0.2, -0.15) is 0 Å². The first-order valence-corrected chi connectivity index (χ1v) is 11.1. The van der Waals surface area contributed by atoms with Crippen molar-refractivity contribution >= 4 is 62.3 Å². The van der Waals surface area contributed by atoms with Gasteiger partial charge in [0.05, 0.1) is 22.2 Å². The normalized spacial score (nSPS) is 11.2. The van der Waals surface area contributed by atoms with Gasteiger partial charge in [0.2, 0.25) is 15.9 Å². The number of thioether (sulfide) groups is 1. The number of carbonyl (C=O) groups is 1. The molecule has 2 N–H and O–H groups in total. The fourth-order valence-electron chi connectivity index (χ4n) is 2.02. The molecule has 2 rings (SSSR count). The minimum absolute atomic E-state index is 0.00574. The third-order valence-corrected chi connectivity index (χ3v) is 6.43. The molecule has 0 atom stereocenters. The molecule has 1 amide bonds. The molecular formula is C17H18Cl2N2O3S2. The minimum Gasteiger partial charge on any atom is -0.325 e. The Balaban J connectivity index is 1.99. The Morgan fingerprint density at radius 1 is 1.15 bits per heavy atom. The van der Waals surface area contributed by atoms with Gasteiger partial charge in [0.25, 0.3) is 0 Å². The highest BCUT2D eigenvalue weighted by Crippen LogP contribution is 2.30. The van der Waals surface area contributed by atoms with Gasteiger partial charge in [-0.25, -0.2) is 8.42 Å². The first kappa shape index (κ1) is 20.9. The second-order valence-electron chi connectivity index (χ2n) is 5.45. The highest BCUT2D eigenvalue weighted by Gasteiger charge is 2.11. The quantitative estimate of drug-likeness (QED) is 0.616. The molecule has 2 aromatic carbocycles. The van der Waals surface area contributed by atoms with Gasteiger partial charge >= 0.3 is 0 Å². The van der Waals surface area contributed by atoms with E-state index in [4.69, 9.17) is 23.2 Å². The number of benzene rings is 2. The van der Waals surface area contributed by atoms with E-state index < -0.39 is 10.0 Å². The largest absolute Gasteiger partial charge is 0.325 e. The van der Waals surface area contributed by atoms with Gasteiger partial charge in [0.15, 0.2) is 0 Å². The van der Waals surface area contributed by atoms with Crippen LogP contribution in [0.3, 0.4) is 0 Å². The van der Waals surface area contributed by atoms with Gasteiger partial charge in [-0.05, 0) is 55.8 Å². The summed E-state index contributed by atoms with van der Waals surface area (Å²) in [4.78, 5) is 12.9. The average Bonchev–Trinajstić information content (AvgIpc) is 2.58. The molecule has 5 nitrogen and oxygen atoms in total. The van der Waals surface area contributed by atoms with E-state index in [1.54, 1.807) is 50.2 Å². The Kier molecular flexibility index (Phi) is 7.23. The van der Waals surface area contributed by atoms with Crippen LogP contribution >= 0.6 is 35.0 Å². The summed E-state index contributed by atoms with van der Waals surface area (Å²) < 4.78 is 25.8. The molecule has 0 aliphatic rings. The van der Waals surface area contributed by atoms with Crippen LogP contribution in [0.4, 0.5) is 11.4 Å². The van der Waals surface area contributed by atoms with E-state index in [9.17, 15) is 13.2 Å². The molecule has 2 aromatic rings. The number of amides is 1. The Hall–Kier alpha value is -1.41. The van der Waals surface area contributed by atoms with Crippen molar-refractivity contribution < 1.29 is 13.2 Å². The Bertz CT molecular complexity index is 918. The summed E-state index contributed by atoms with van der Waals surface area (Å²) in [6.45, 7) is 3.33. The van der Waals surface area contributed by atoms with Crippen molar-refractivity contribution in [2.75, 3.05) is 21.5 Å². The number of halogens is 2. The van der Waals surface area contributed by atoms with Crippen LogP contribution in [0.15, 0.2) is 41.3 Å². The zero-order chi connectivity index (χ0) is 19.3. The lowest BCUT2D eigenvalue weighted by Gasteiger charge is -2.12. The summed E-state index contributed by atoms with van der Waals surface area (Å²) in [5, 5.41) is 3.87. The van der Waals surface area contributed by atoms with Crippen LogP contribution in [-0.2, 0) is 14.8 Å². The number of sulfonamides is 1. The van der Waals surface area contributed by atoms with Crippen LogP contribution < -0.4 is 10.0 Å². The van der Waals surface area contributed by atoms with Gasteiger partial charge < -0.3 is 5.32 Å². The van der Waals surface area contributed by atoms with Gasteiger partial charge in [0, 0.05) is 15.6 Å². The van der Waals surface area contributed by atoms with Crippen LogP contribution in [-0.4, -0.2) is 25.8 Å². The number of hydrogen-bond donors (Lipinski definition) is 2. The summed E-state index contributed by atoms with van der Waals surface area (Å²) in [5.41, 5.74) is 1.79. The van der Waals surface area contributed by atoms with Crippen molar-refractivity contribution in [2.45, 2.75) is 18.7 Å². The van der Waals surface area contributed by atoms with Crippen molar-refractivity contribution in [2.24, 2.45) is 0 Å². The summed E-state index contributed by atoms with van der Waals surface area (Å²) >= 11 is 13.3. The standard InChI is InChI=1S/C17H18Cl2N2O3S2/c1-3-26(23,24)21-15-7-5-13(8-11(15)2)20-17(22)10-25-16-9-12(18)4-6-14(16)19/h4-9,21H,3,10H2,1-2H3,(H,20,22). The fourth-order valence-corrected chi connectivity index (χ4v) is 4.03. The van der Waals surface area contributed by atoms with Crippen molar-refractivity contribution in [3.63, 3.8) is 0 Å². The summed E-state index contributed by atoms with van der Waals surface area (Å²) in [7, 11) is -3.34. The molecule has 0 saturated carbocycles. The number of anilines is 2. The van der Waals surface area contributed by atoms with E-state index >= 15 is 0 Å². The number of aryl methyl sites for hydroxylation is 1. The molecule has 0 heterocycles. The Labute approximate surface area is 167 Å². The second-order valence-corrected chi connectivity index (χ2v) is 9.32. The highest BCUT2D eigenvalue weighted by atomic mass is 35.5. The highest BCUT2D eigenvalue weighted by molar-refractivity contribution is 8.00. The SMILES string of the molecule is CCS(=O)(=O)Nc1ccc(NC(=O)CSc2cc(Cl)ccc2Cl)cc1C. The fraction of sp³-hybridized carbons (Fsp3) is 0.235. The van der Waals surface area contributed by atoms with Crippen molar-refractivity contribution in [1.82, 2.24) is 0 Å². The van der Waals surface area contributed by atoms with E-state index in [-0.39, 0.29) is 17.4 Å². The van der Waals surface area contributed by atoms with E-state index in [1.807, 2.05) is 0 Å². The van der Waals surface area contributed by atoms with E-state index in [0.717, 1.165) is 4.90 Å². The maximum Gasteiger partial charge on any atom is 0.234 e. The molecule has 0 aliphatic carbocycles. The second kappa shape index (κ2) is 8.99. The van der Waals surface area contributed by atoms with Gasteiger partial charge in [-0.3, -0.25) is 9.52 Å². The lowest BCUT2D eigenvalue weighted by atomic mass is 10.2. The van der Waals surface area contributed by atoms with E-state index in [1.165, 1.54) is 11.8 Å². The molecule has 140 valence electrons. The van der Waals surface area contributed by atoms with Crippen molar-refractivity contribution in [1.29, 1.82) is 0 Å². The third kappa shape index (κ3) is 6.09. The lowest BCUT2D eigenvalue weighted by Crippen LogP contribution is -2.16. The number of nitrogens with one attached hydrogen (secondary N) is 2. The number of hydrogen-bond acceptors (Lipinski definition) is 4. The predicted octanol–water partition coefficient (Wildman–Crippen LogP) is 4.79. The molecule has 0 aliphatic heterocycles. The number of carbonyl (C=O) groups excluding carboxylic acids is 1. The van der Waals surface area contributed by atoms with Crippen molar-refractivity contribution in [3.05, 3.63) is 52.0 Å². The molecule has 0 fully saturated rings. The molecule has 9 heteroatoms. The van der Waals surface area contributed by atoms with Gasteiger partial charge in [-0.1, -0.05) is 23.2 Å². The van der Waals surface area contributed by atoms with Gasteiger partial charge in [0.1, 0.15) is 0 Å². The third-order valence-electron chi connectivity index (χ3n) is 3.41. The predicted molar refractivity (Wildman–Crippen MR) is 110 cm³/mol. The molecule has 26 heavy (non-hydrogen) atoms. The van der Waals surface area contributed by atoms with Crippen LogP contribution in [0.2, 0.25) is 10.0 Å². The van der Waals surface area contributed by atoms with E-state index in [2.05, 4.69) is 10.0 Å². The van der Waals surface area contributed by atoms with Crippen LogP contribution in [0.1, 0.15) is 12.5 Å². The molecule has 0 radical (unpaired) electrons. The Morgan fingerprint density at radius 3 is 2.54 bits per heavy atom. The zero-order valence-electron chi connectivity index (χ0n) is 14.2. The average molecular weight is 433 g/mol. The molecular weight excluding hydrogens is 415 g/mol.